The van der Waals surface area contributed by atoms with Crippen molar-refractivity contribution in [1.82, 2.24) is 25.1 Å². The summed E-state index contributed by atoms with van der Waals surface area (Å²) in [5.41, 5.74) is 3.25. The van der Waals surface area contributed by atoms with Crippen LogP contribution < -0.4 is 5.32 Å². The van der Waals surface area contributed by atoms with E-state index >= 15 is 0 Å². The smallest absolute Gasteiger partial charge is 0.268 e. The molecule has 26 heavy (non-hydrogen) atoms. The van der Waals surface area contributed by atoms with Gasteiger partial charge in [0.25, 0.3) is 5.91 Å². The Hall–Kier alpha value is -3.48. The van der Waals surface area contributed by atoms with Crippen molar-refractivity contribution in [2.24, 2.45) is 7.05 Å². The predicted octanol–water partition coefficient (Wildman–Crippen LogP) is 3.03. The maximum Gasteiger partial charge on any atom is 0.268 e. The Balaban J connectivity index is 1.61. The molecule has 0 radical (unpaired) electrons. The van der Waals surface area contributed by atoms with Gasteiger partial charge in [-0.2, -0.15) is 5.10 Å². The van der Waals surface area contributed by atoms with Gasteiger partial charge in [-0.25, -0.2) is 9.37 Å². The second-order valence-corrected chi connectivity index (χ2v) is 5.96. The number of aryl methyl sites for hydroxylation is 1. The molecule has 130 valence electrons. The molecule has 0 spiro atoms. The van der Waals surface area contributed by atoms with Gasteiger partial charge in [0, 0.05) is 36.3 Å². The number of aromatic nitrogens is 4. The van der Waals surface area contributed by atoms with Crippen molar-refractivity contribution in [2.45, 2.75) is 6.54 Å². The van der Waals surface area contributed by atoms with E-state index < -0.39 is 0 Å². The lowest BCUT2D eigenvalue weighted by molar-refractivity contribution is 0.0943. The summed E-state index contributed by atoms with van der Waals surface area (Å²) < 4.78 is 15.4. The van der Waals surface area contributed by atoms with Crippen LogP contribution in [0.1, 0.15) is 16.1 Å². The zero-order chi connectivity index (χ0) is 18.1. The summed E-state index contributed by atoms with van der Waals surface area (Å²) in [5, 5.41) is 10.3. The minimum Gasteiger partial charge on any atom is -0.347 e. The molecule has 1 aromatic carbocycles. The van der Waals surface area contributed by atoms with Crippen LogP contribution in [0.5, 0.6) is 0 Å². The third kappa shape index (κ3) is 2.83. The second kappa shape index (κ2) is 6.44. The molecule has 0 bridgehead atoms. The first-order valence-corrected chi connectivity index (χ1v) is 8.11. The van der Waals surface area contributed by atoms with Crippen LogP contribution in [0.2, 0.25) is 0 Å². The van der Waals surface area contributed by atoms with E-state index in [-0.39, 0.29) is 18.3 Å². The fraction of sp³-hybridized carbons (Fsp3) is 0.105. The van der Waals surface area contributed by atoms with Gasteiger partial charge in [0.05, 0.1) is 11.9 Å². The van der Waals surface area contributed by atoms with Crippen molar-refractivity contribution >= 4 is 16.9 Å². The van der Waals surface area contributed by atoms with Crippen LogP contribution >= 0.6 is 0 Å². The number of fused-ring (bicyclic) bond motifs is 1. The molecule has 1 amide bonds. The average molecular weight is 349 g/mol. The Morgan fingerprint density at radius 1 is 1.27 bits per heavy atom. The minimum atomic E-state index is -0.337. The monoisotopic (exact) mass is 349 g/mol. The normalized spacial score (nSPS) is 11.0. The number of pyridine rings is 1. The third-order valence-electron chi connectivity index (χ3n) is 4.30. The molecule has 4 rings (SSSR count). The summed E-state index contributed by atoms with van der Waals surface area (Å²) in [7, 11) is 1.78. The molecule has 3 heterocycles. The molecular formula is C19H16FN5O. The Morgan fingerprint density at radius 3 is 2.88 bits per heavy atom. The van der Waals surface area contributed by atoms with Crippen molar-refractivity contribution in [3.63, 3.8) is 0 Å². The first-order chi connectivity index (χ1) is 12.6. The van der Waals surface area contributed by atoms with E-state index in [1.54, 1.807) is 48.3 Å². The third-order valence-corrected chi connectivity index (χ3v) is 4.30. The summed E-state index contributed by atoms with van der Waals surface area (Å²) in [6, 6.07) is 12.0. The molecular weight excluding hydrogens is 333 g/mol. The number of carbonyl (C=O) groups is 1. The van der Waals surface area contributed by atoms with E-state index in [2.05, 4.69) is 20.5 Å². The Kier molecular flexibility index (Phi) is 3.96. The van der Waals surface area contributed by atoms with Gasteiger partial charge in [-0.1, -0.05) is 18.2 Å². The van der Waals surface area contributed by atoms with Gasteiger partial charge in [0.1, 0.15) is 17.2 Å². The fourth-order valence-corrected chi connectivity index (χ4v) is 2.88. The highest BCUT2D eigenvalue weighted by Gasteiger charge is 2.15. The standard InChI is InChI=1S/C19H16FN5O/c1-25-17(19(26)21-9-13-4-2-3-5-15(13)20)8-12-6-7-16(24-18(12)25)14-10-22-23-11-14/h2-8,10-11H,9H2,1H3,(H,21,26)(H,22,23). The largest absolute Gasteiger partial charge is 0.347 e. The summed E-state index contributed by atoms with van der Waals surface area (Å²) in [6.07, 6.45) is 3.46. The first-order valence-electron chi connectivity index (χ1n) is 8.11. The number of carbonyl (C=O) groups excluding carboxylic acids is 1. The molecule has 0 unspecified atom stereocenters. The number of rotatable bonds is 4. The number of nitrogens with zero attached hydrogens (tertiary/aromatic N) is 3. The van der Waals surface area contributed by atoms with E-state index in [1.807, 2.05) is 12.1 Å². The lowest BCUT2D eigenvalue weighted by atomic mass is 10.2. The van der Waals surface area contributed by atoms with Crippen LogP contribution in [0.3, 0.4) is 0 Å². The van der Waals surface area contributed by atoms with Gasteiger partial charge < -0.3 is 9.88 Å². The number of hydrogen-bond donors (Lipinski definition) is 2. The number of nitrogens with one attached hydrogen (secondary N) is 2. The van der Waals surface area contributed by atoms with E-state index in [4.69, 9.17) is 0 Å². The fourth-order valence-electron chi connectivity index (χ4n) is 2.88. The summed E-state index contributed by atoms with van der Waals surface area (Å²) in [5.74, 6) is -0.616. The maximum atomic E-state index is 13.7. The number of halogens is 1. The average Bonchev–Trinajstić information content (AvgIpc) is 3.29. The number of aromatic amines is 1. The number of H-pyrrole nitrogens is 1. The highest BCUT2D eigenvalue weighted by atomic mass is 19.1. The molecule has 0 atom stereocenters. The lowest BCUT2D eigenvalue weighted by Crippen LogP contribution is -2.25. The SMILES string of the molecule is Cn1c(C(=O)NCc2ccccc2F)cc2ccc(-c3cn[nH]c3)nc21. The van der Waals surface area contributed by atoms with Crippen molar-refractivity contribution in [2.75, 3.05) is 0 Å². The van der Waals surface area contributed by atoms with E-state index in [1.165, 1.54) is 6.07 Å². The van der Waals surface area contributed by atoms with Gasteiger partial charge in [-0.15, -0.1) is 0 Å². The van der Waals surface area contributed by atoms with E-state index in [0.717, 1.165) is 16.6 Å². The quantitative estimate of drug-likeness (QED) is 0.595. The highest BCUT2D eigenvalue weighted by Crippen LogP contribution is 2.22. The molecule has 6 nitrogen and oxygen atoms in total. The first kappa shape index (κ1) is 16.0. The molecule has 2 N–H and O–H groups in total. The van der Waals surface area contributed by atoms with Crippen LogP contribution in [-0.4, -0.2) is 25.7 Å². The summed E-state index contributed by atoms with van der Waals surface area (Å²) >= 11 is 0. The molecule has 0 aliphatic rings. The van der Waals surface area contributed by atoms with E-state index in [9.17, 15) is 9.18 Å². The van der Waals surface area contributed by atoms with Crippen LogP contribution in [0.15, 0.2) is 54.9 Å². The van der Waals surface area contributed by atoms with Gasteiger partial charge in [0.15, 0.2) is 0 Å². The van der Waals surface area contributed by atoms with Crippen LogP contribution in [-0.2, 0) is 13.6 Å². The zero-order valence-corrected chi connectivity index (χ0v) is 14.0. The molecule has 0 saturated carbocycles. The summed E-state index contributed by atoms with van der Waals surface area (Å²) in [4.78, 5) is 17.2. The number of amides is 1. The molecule has 0 saturated heterocycles. The lowest BCUT2D eigenvalue weighted by Gasteiger charge is -2.07. The molecule has 0 fully saturated rings. The Labute approximate surface area is 148 Å². The zero-order valence-electron chi connectivity index (χ0n) is 14.0. The van der Waals surface area contributed by atoms with Gasteiger partial charge in [0.2, 0.25) is 0 Å². The molecule has 0 aliphatic heterocycles. The minimum absolute atomic E-state index is 0.126. The second-order valence-electron chi connectivity index (χ2n) is 5.96. The topological polar surface area (TPSA) is 75.6 Å². The predicted molar refractivity (Wildman–Crippen MR) is 95.9 cm³/mol. The number of hydrogen-bond acceptors (Lipinski definition) is 3. The number of benzene rings is 1. The molecule has 7 heteroatoms. The van der Waals surface area contributed by atoms with Crippen molar-refractivity contribution in [3.05, 3.63) is 71.9 Å². The molecule has 4 aromatic rings. The maximum absolute atomic E-state index is 13.7. The van der Waals surface area contributed by atoms with Crippen LogP contribution in [0, 0.1) is 5.82 Å². The Bertz CT molecular complexity index is 1080. The van der Waals surface area contributed by atoms with Gasteiger partial charge >= 0.3 is 0 Å². The van der Waals surface area contributed by atoms with Crippen molar-refractivity contribution in [3.8, 4) is 11.3 Å². The Morgan fingerprint density at radius 2 is 2.12 bits per heavy atom. The van der Waals surface area contributed by atoms with Gasteiger partial charge in [-0.3, -0.25) is 9.89 Å². The van der Waals surface area contributed by atoms with Gasteiger partial charge in [-0.05, 0) is 24.3 Å². The highest BCUT2D eigenvalue weighted by molar-refractivity contribution is 5.98. The molecule has 3 aromatic heterocycles. The van der Waals surface area contributed by atoms with Crippen LogP contribution in [0.25, 0.3) is 22.3 Å². The van der Waals surface area contributed by atoms with Crippen LogP contribution in [0.4, 0.5) is 4.39 Å². The van der Waals surface area contributed by atoms with E-state index in [0.29, 0.717) is 16.9 Å². The van der Waals surface area contributed by atoms with Crippen molar-refractivity contribution in [1.29, 1.82) is 0 Å². The summed E-state index contributed by atoms with van der Waals surface area (Å²) in [6.45, 7) is 0.126. The molecule has 0 aliphatic carbocycles. The van der Waals surface area contributed by atoms with Crippen molar-refractivity contribution < 1.29 is 9.18 Å².